The van der Waals surface area contributed by atoms with Crippen molar-refractivity contribution < 1.29 is 4.74 Å². The average Bonchev–Trinajstić information content (AvgIpc) is 1.96. The van der Waals surface area contributed by atoms with E-state index < -0.39 is 0 Å². The van der Waals surface area contributed by atoms with Crippen molar-refractivity contribution in [3.05, 3.63) is 25.6 Å². The van der Waals surface area contributed by atoms with E-state index in [1.807, 2.05) is 12.1 Å². The number of hydrogen-bond acceptors (Lipinski definition) is 2. The van der Waals surface area contributed by atoms with Crippen molar-refractivity contribution in [3.8, 4) is 5.75 Å². The van der Waals surface area contributed by atoms with Crippen LogP contribution in [0.1, 0.15) is 0 Å². The molecular weight excluding hydrogens is 407 g/mol. The molecule has 0 heterocycles. The molecule has 0 saturated heterocycles. The van der Waals surface area contributed by atoms with E-state index in [4.69, 9.17) is 16.3 Å². The van der Waals surface area contributed by atoms with Gasteiger partial charge in [0.2, 0.25) is 0 Å². The topological polar surface area (TPSA) is 9.23 Å². The molecule has 1 nitrogen and oxygen atoms in total. The zero-order chi connectivity index (χ0) is 10.0. The molecule has 0 aromatic heterocycles. The third-order valence-corrected chi connectivity index (χ3v) is 2.94. The standard InChI is InChI=1S/C7H2Br3ClOS/c8-3-1-4(9)6(5(10)2-3)12-7(11)13/h1-2H. The molecule has 0 fully saturated rings. The number of benzene rings is 1. The minimum atomic E-state index is -0.0382. The van der Waals surface area contributed by atoms with Gasteiger partial charge in [0.25, 0.3) is 4.51 Å². The van der Waals surface area contributed by atoms with Crippen molar-refractivity contribution in [2.75, 3.05) is 0 Å². The van der Waals surface area contributed by atoms with Crippen LogP contribution in [0.5, 0.6) is 5.75 Å². The fourth-order valence-electron chi connectivity index (χ4n) is 0.707. The minimum Gasteiger partial charge on any atom is -0.433 e. The van der Waals surface area contributed by atoms with Gasteiger partial charge < -0.3 is 4.74 Å². The molecule has 0 unspecified atom stereocenters. The summed E-state index contributed by atoms with van der Waals surface area (Å²) in [5, 5.41) is 0. The number of rotatable bonds is 1. The van der Waals surface area contributed by atoms with Gasteiger partial charge in [-0.1, -0.05) is 15.9 Å². The van der Waals surface area contributed by atoms with Crippen molar-refractivity contribution in [2.45, 2.75) is 0 Å². The van der Waals surface area contributed by atoms with Crippen molar-refractivity contribution in [1.82, 2.24) is 0 Å². The normalized spacial score (nSPS) is 9.85. The summed E-state index contributed by atoms with van der Waals surface area (Å²) >= 11 is 20.0. The zero-order valence-electron chi connectivity index (χ0n) is 5.98. The van der Waals surface area contributed by atoms with Gasteiger partial charge in [-0.15, -0.1) is 0 Å². The Morgan fingerprint density at radius 1 is 1.23 bits per heavy atom. The molecule has 1 rings (SSSR count). The van der Waals surface area contributed by atoms with Gasteiger partial charge >= 0.3 is 0 Å². The number of hydrogen-bond donors (Lipinski definition) is 0. The van der Waals surface area contributed by atoms with Gasteiger partial charge in [-0.2, -0.15) is 0 Å². The average molecular weight is 409 g/mol. The van der Waals surface area contributed by atoms with E-state index in [0.717, 1.165) is 13.4 Å². The Labute approximate surface area is 111 Å². The number of ether oxygens (including phenoxy) is 1. The maximum atomic E-state index is 5.45. The van der Waals surface area contributed by atoms with Gasteiger partial charge in [0, 0.05) is 4.47 Å². The van der Waals surface area contributed by atoms with Gasteiger partial charge in [0.1, 0.15) is 0 Å². The molecular formula is C7H2Br3ClOS. The Balaban J connectivity index is 3.13. The summed E-state index contributed by atoms with van der Waals surface area (Å²) in [5.41, 5.74) is 0. The van der Waals surface area contributed by atoms with E-state index in [-0.39, 0.29) is 4.51 Å². The predicted molar refractivity (Wildman–Crippen MR) is 68.6 cm³/mol. The Morgan fingerprint density at radius 3 is 2.08 bits per heavy atom. The molecule has 6 heteroatoms. The van der Waals surface area contributed by atoms with Crippen LogP contribution in [0.2, 0.25) is 0 Å². The summed E-state index contributed by atoms with van der Waals surface area (Å²) in [4.78, 5) is 0. The van der Waals surface area contributed by atoms with E-state index >= 15 is 0 Å². The highest BCUT2D eigenvalue weighted by Gasteiger charge is 2.09. The molecule has 70 valence electrons. The Hall–Kier alpha value is 0.840. The lowest BCUT2D eigenvalue weighted by Crippen LogP contribution is -1.97. The Morgan fingerprint density at radius 2 is 1.69 bits per heavy atom. The van der Waals surface area contributed by atoms with Crippen LogP contribution in [0, 0.1) is 0 Å². The highest BCUT2D eigenvalue weighted by atomic mass is 79.9. The molecule has 0 atom stereocenters. The lowest BCUT2D eigenvalue weighted by Gasteiger charge is -2.07. The summed E-state index contributed by atoms with van der Waals surface area (Å²) in [7, 11) is 0. The summed E-state index contributed by atoms with van der Waals surface area (Å²) < 4.78 is 7.55. The van der Waals surface area contributed by atoms with Gasteiger partial charge in [0.15, 0.2) is 5.75 Å². The summed E-state index contributed by atoms with van der Waals surface area (Å²) in [6, 6.07) is 3.69. The van der Waals surface area contributed by atoms with Gasteiger partial charge in [-0.05, 0) is 67.8 Å². The van der Waals surface area contributed by atoms with E-state index in [1.54, 1.807) is 0 Å². The Bertz CT molecular complexity index is 333. The van der Waals surface area contributed by atoms with E-state index in [9.17, 15) is 0 Å². The lowest BCUT2D eigenvalue weighted by molar-refractivity contribution is 0.570. The first-order valence-electron chi connectivity index (χ1n) is 3.02. The van der Waals surface area contributed by atoms with Crippen LogP contribution in [0.3, 0.4) is 0 Å². The van der Waals surface area contributed by atoms with Crippen LogP contribution in [0.15, 0.2) is 25.6 Å². The second kappa shape index (κ2) is 5.07. The molecule has 0 aliphatic heterocycles. The van der Waals surface area contributed by atoms with Gasteiger partial charge in [-0.25, -0.2) is 0 Å². The molecule has 0 saturated carbocycles. The first-order valence-corrected chi connectivity index (χ1v) is 6.19. The number of thiocarbonyl (C=S) groups is 1. The third-order valence-electron chi connectivity index (χ3n) is 1.15. The maximum Gasteiger partial charge on any atom is 0.260 e. The van der Waals surface area contributed by atoms with Gasteiger partial charge in [-0.3, -0.25) is 0 Å². The molecule has 0 aliphatic rings. The summed E-state index contributed by atoms with van der Waals surface area (Å²) in [5.74, 6) is 0.572. The predicted octanol–water partition coefficient (Wildman–Crippen LogP) is 4.88. The molecule has 0 aliphatic carbocycles. The highest BCUT2D eigenvalue weighted by molar-refractivity contribution is 9.11. The molecule has 0 N–H and O–H groups in total. The smallest absolute Gasteiger partial charge is 0.260 e. The number of halogens is 4. The Kier molecular flexibility index (Phi) is 4.65. The third kappa shape index (κ3) is 3.47. The van der Waals surface area contributed by atoms with Crippen molar-refractivity contribution in [1.29, 1.82) is 0 Å². The zero-order valence-corrected chi connectivity index (χ0v) is 12.3. The molecule has 13 heavy (non-hydrogen) atoms. The van der Waals surface area contributed by atoms with Crippen LogP contribution in [-0.2, 0) is 0 Å². The van der Waals surface area contributed by atoms with Crippen LogP contribution in [0.4, 0.5) is 0 Å². The summed E-state index contributed by atoms with van der Waals surface area (Å²) in [6.07, 6.45) is 0. The van der Waals surface area contributed by atoms with Crippen molar-refractivity contribution >= 4 is 76.1 Å². The maximum absolute atomic E-state index is 5.45. The van der Waals surface area contributed by atoms with E-state index in [1.165, 1.54) is 0 Å². The first kappa shape index (κ1) is 11.9. The second-order valence-electron chi connectivity index (χ2n) is 2.04. The molecule has 0 amide bonds. The molecule has 1 aromatic carbocycles. The highest BCUT2D eigenvalue weighted by Crippen LogP contribution is 2.36. The monoisotopic (exact) mass is 406 g/mol. The van der Waals surface area contributed by atoms with Crippen LogP contribution < -0.4 is 4.74 Å². The van der Waals surface area contributed by atoms with Crippen molar-refractivity contribution in [3.63, 3.8) is 0 Å². The van der Waals surface area contributed by atoms with Crippen molar-refractivity contribution in [2.24, 2.45) is 0 Å². The molecule has 0 bridgehead atoms. The quantitative estimate of drug-likeness (QED) is 0.483. The fraction of sp³-hybridized carbons (Fsp3) is 0. The molecule has 1 aromatic rings. The van der Waals surface area contributed by atoms with Gasteiger partial charge in [0.05, 0.1) is 8.95 Å². The van der Waals surface area contributed by atoms with Crippen LogP contribution in [0.25, 0.3) is 0 Å². The molecule has 0 radical (unpaired) electrons. The fourth-order valence-corrected chi connectivity index (χ4v) is 3.29. The molecule has 0 spiro atoms. The van der Waals surface area contributed by atoms with Crippen LogP contribution in [-0.4, -0.2) is 4.51 Å². The minimum absolute atomic E-state index is 0.0382. The first-order chi connectivity index (χ1) is 6.00. The lowest BCUT2D eigenvalue weighted by atomic mass is 10.3. The van der Waals surface area contributed by atoms with E-state index in [2.05, 4.69) is 60.0 Å². The summed E-state index contributed by atoms with van der Waals surface area (Å²) in [6.45, 7) is 0. The SMILES string of the molecule is S=C(Cl)Oc1c(Br)cc(Br)cc1Br. The largest absolute Gasteiger partial charge is 0.433 e. The second-order valence-corrected chi connectivity index (χ2v) is 5.60. The van der Waals surface area contributed by atoms with E-state index in [0.29, 0.717) is 5.75 Å². The van der Waals surface area contributed by atoms with Crippen LogP contribution >= 0.6 is 71.6 Å².